The van der Waals surface area contributed by atoms with E-state index in [0.29, 0.717) is 6.04 Å². The van der Waals surface area contributed by atoms with E-state index in [9.17, 15) is 0 Å². The first kappa shape index (κ1) is 12.1. The van der Waals surface area contributed by atoms with Crippen molar-refractivity contribution < 1.29 is 0 Å². The second-order valence-corrected chi connectivity index (χ2v) is 5.55. The molecule has 0 bridgehead atoms. The summed E-state index contributed by atoms with van der Waals surface area (Å²) in [4.78, 5) is 4.62. The number of imidazole rings is 1. The van der Waals surface area contributed by atoms with Gasteiger partial charge in [0, 0.05) is 11.6 Å². The summed E-state index contributed by atoms with van der Waals surface area (Å²) in [6.07, 6.45) is 0. The molecule has 0 spiro atoms. The zero-order valence-corrected chi connectivity index (χ0v) is 11.3. The van der Waals surface area contributed by atoms with E-state index in [1.54, 1.807) is 0 Å². The molecule has 17 heavy (non-hydrogen) atoms. The van der Waals surface area contributed by atoms with Gasteiger partial charge >= 0.3 is 0 Å². The lowest BCUT2D eigenvalue weighted by Crippen LogP contribution is -2.28. The van der Waals surface area contributed by atoms with Gasteiger partial charge in [-0.05, 0) is 52.3 Å². The van der Waals surface area contributed by atoms with Crippen molar-refractivity contribution in [3.8, 4) is 0 Å². The third-order valence-corrected chi connectivity index (χ3v) is 3.13. The van der Waals surface area contributed by atoms with Gasteiger partial charge < -0.3 is 10.3 Å². The van der Waals surface area contributed by atoms with E-state index in [1.165, 1.54) is 5.52 Å². The van der Waals surface area contributed by atoms with Gasteiger partial charge in [-0.15, -0.1) is 0 Å². The second kappa shape index (κ2) is 3.84. The Morgan fingerprint density at radius 1 is 1.29 bits per heavy atom. The molecule has 0 radical (unpaired) electrons. The van der Waals surface area contributed by atoms with Crippen molar-refractivity contribution in [1.82, 2.24) is 9.55 Å². The average molecular weight is 231 g/mol. The van der Waals surface area contributed by atoms with Crippen LogP contribution in [0.1, 0.15) is 45.1 Å². The van der Waals surface area contributed by atoms with Crippen LogP contribution in [0, 0.1) is 6.92 Å². The van der Waals surface area contributed by atoms with Crippen LogP contribution in [0.25, 0.3) is 11.0 Å². The molecule has 2 N–H and O–H groups in total. The summed E-state index contributed by atoms with van der Waals surface area (Å²) in [5, 5.41) is 0. The Balaban J connectivity index is 2.66. The lowest BCUT2D eigenvalue weighted by Gasteiger charge is -2.19. The maximum atomic E-state index is 6.12. The minimum atomic E-state index is -0.316. The fraction of sp³-hybridized carbons (Fsp3) is 0.500. The van der Waals surface area contributed by atoms with Crippen LogP contribution in [0.3, 0.4) is 0 Å². The Morgan fingerprint density at radius 3 is 2.47 bits per heavy atom. The lowest BCUT2D eigenvalue weighted by molar-refractivity contribution is 0.555. The van der Waals surface area contributed by atoms with Crippen LogP contribution < -0.4 is 5.73 Å². The Bertz CT molecular complexity index is 544. The van der Waals surface area contributed by atoms with Crippen molar-refractivity contribution in [2.45, 2.75) is 46.2 Å². The first-order valence-electron chi connectivity index (χ1n) is 6.08. The van der Waals surface area contributed by atoms with Gasteiger partial charge in [-0.2, -0.15) is 0 Å². The zero-order chi connectivity index (χ0) is 12.8. The monoisotopic (exact) mass is 231 g/mol. The van der Waals surface area contributed by atoms with Crippen LogP contribution >= 0.6 is 0 Å². The first-order chi connectivity index (χ1) is 7.80. The number of hydrogen-bond acceptors (Lipinski definition) is 2. The van der Waals surface area contributed by atoms with Gasteiger partial charge in [-0.3, -0.25) is 0 Å². The topological polar surface area (TPSA) is 43.8 Å². The maximum absolute atomic E-state index is 6.12. The Hall–Kier alpha value is -1.35. The van der Waals surface area contributed by atoms with Gasteiger partial charge in [0.15, 0.2) is 0 Å². The maximum Gasteiger partial charge on any atom is 0.106 e. The van der Waals surface area contributed by atoms with Crippen molar-refractivity contribution in [1.29, 1.82) is 0 Å². The molecule has 3 heteroatoms. The standard InChI is InChI=1S/C14H21N3/c1-9(2)17-10(3)16-12-8-11(14(4,5)15)6-7-13(12)17/h6-9H,15H2,1-5H3. The van der Waals surface area contributed by atoms with Gasteiger partial charge in [0.25, 0.3) is 0 Å². The van der Waals surface area contributed by atoms with Crippen molar-refractivity contribution in [2.75, 3.05) is 0 Å². The van der Waals surface area contributed by atoms with Crippen molar-refractivity contribution in [3.63, 3.8) is 0 Å². The molecule has 0 amide bonds. The molecule has 92 valence electrons. The average Bonchev–Trinajstić information content (AvgIpc) is 2.50. The Kier molecular flexibility index (Phi) is 2.74. The molecule has 0 aliphatic heterocycles. The van der Waals surface area contributed by atoms with Gasteiger partial charge in [-0.1, -0.05) is 6.07 Å². The van der Waals surface area contributed by atoms with Crippen molar-refractivity contribution >= 4 is 11.0 Å². The number of aryl methyl sites for hydroxylation is 1. The third-order valence-electron chi connectivity index (χ3n) is 3.13. The molecule has 0 saturated carbocycles. The predicted molar refractivity (Wildman–Crippen MR) is 72.1 cm³/mol. The zero-order valence-electron chi connectivity index (χ0n) is 11.3. The van der Waals surface area contributed by atoms with Gasteiger partial charge in [0.2, 0.25) is 0 Å². The fourth-order valence-electron chi connectivity index (χ4n) is 2.27. The summed E-state index contributed by atoms with van der Waals surface area (Å²) >= 11 is 0. The smallest absolute Gasteiger partial charge is 0.106 e. The van der Waals surface area contributed by atoms with Gasteiger partial charge in [0.1, 0.15) is 5.82 Å². The van der Waals surface area contributed by atoms with Crippen molar-refractivity contribution in [2.24, 2.45) is 5.73 Å². The summed E-state index contributed by atoms with van der Waals surface area (Å²) in [5.41, 5.74) is 9.15. The van der Waals surface area contributed by atoms with Crippen LogP contribution in [0.4, 0.5) is 0 Å². The molecule has 2 aromatic rings. The molecular weight excluding hydrogens is 210 g/mol. The van der Waals surface area contributed by atoms with E-state index >= 15 is 0 Å². The molecular formula is C14H21N3. The quantitative estimate of drug-likeness (QED) is 0.863. The number of nitrogens with two attached hydrogens (primary N) is 1. The molecule has 0 aliphatic carbocycles. The molecule has 0 saturated heterocycles. The Labute approximate surface area is 103 Å². The van der Waals surface area contributed by atoms with Crippen molar-refractivity contribution in [3.05, 3.63) is 29.6 Å². The number of hydrogen-bond donors (Lipinski definition) is 1. The van der Waals surface area contributed by atoms with E-state index in [0.717, 1.165) is 16.9 Å². The molecule has 0 unspecified atom stereocenters. The van der Waals surface area contributed by atoms with Crippen LogP contribution in [0.5, 0.6) is 0 Å². The number of nitrogens with zero attached hydrogens (tertiary/aromatic N) is 2. The first-order valence-corrected chi connectivity index (χ1v) is 6.08. The van der Waals surface area contributed by atoms with Crippen LogP contribution in [0.2, 0.25) is 0 Å². The normalized spacial score (nSPS) is 12.6. The minimum Gasteiger partial charge on any atom is -0.326 e. The predicted octanol–water partition coefficient (Wildman–Crippen LogP) is 3.12. The van der Waals surface area contributed by atoms with E-state index in [1.807, 2.05) is 20.8 Å². The minimum absolute atomic E-state index is 0.316. The highest BCUT2D eigenvalue weighted by Gasteiger charge is 2.17. The highest BCUT2D eigenvalue weighted by atomic mass is 15.1. The molecule has 0 atom stereocenters. The van der Waals surface area contributed by atoms with E-state index < -0.39 is 0 Å². The number of aromatic nitrogens is 2. The van der Waals surface area contributed by atoms with Crippen LogP contribution in [-0.2, 0) is 5.54 Å². The number of fused-ring (bicyclic) bond motifs is 1. The fourth-order valence-corrected chi connectivity index (χ4v) is 2.27. The molecule has 3 nitrogen and oxygen atoms in total. The second-order valence-electron chi connectivity index (χ2n) is 5.55. The largest absolute Gasteiger partial charge is 0.326 e. The van der Waals surface area contributed by atoms with Gasteiger partial charge in [-0.25, -0.2) is 4.98 Å². The molecule has 0 fully saturated rings. The third kappa shape index (κ3) is 2.07. The number of benzene rings is 1. The number of rotatable bonds is 2. The van der Waals surface area contributed by atoms with Gasteiger partial charge in [0.05, 0.1) is 11.0 Å². The van der Waals surface area contributed by atoms with E-state index in [2.05, 4.69) is 41.6 Å². The molecule has 1 heterocycles. The molecule has 2 rings (SSSR count). The SMILES string of the molecule is Cc1nc2cc(C(C)(C)N)ccc2n1C(C)C. The van der Waals surface area contributed by atoms with Crippen LogP contribution in [-0.4, -0.2) is 9.55 Å². The summed E-state index contributed by atoms with van der Waals surface area (Å²) < 4.78 is 2.25. The molecule has 0 aliphatic rings. The Morgan fingerprint density at radius 2 is 1.94 bits per heavy atom. The van der Waals surface area contributed by atoms with E-state index in [4.69, 9.17) is 5.73 Å². The van der Waals surface area contributed by atoms with E-state index in [-0.39, 0.29) is 5.54 Å². The molecule has 1 aromatic carbocycles. The van der Waals surface area contributed by atoms with Crippen LogP contribution in [0.15, 0.2) is 18.2 Å². The highest BCUT2D eigenvalue weighted by molar-refractivity contribution is 5.77. The summed E-state index contributed by atoms with van der Waals surface area (Å²) in [6.45, 7) is 10.4. The highest BCUT2D eigenvalue weighted by Crippen LogP contribution is 2.25. The molecule has 1 aromatic heterocycles. The lowest BCUT2D eigenvalue weighted by atomic mass is 9.95. The summed E-state index contributed by atoms with van der Waals surface area (Å²) in [5.74, 6) is 1.06. The summed E-state index contributed by atoms with van der Waals surface area (Å²) in [7, 11) is 0. The summed E-state index contributed by atoms with van der Waals surface area (Å²) in [6, 6.07) is 6.75.